The molecule has 0 atom stereocenters. The Bertz CT molecular complexity index is 164. The van der Waals surface area contributed by atoms with Gasteiger partial charge in [-0.3, -0.25) is 9.59 Å². The molecule has 78 valence electrons. The van der Waals surface area contributed by atoms with Crippen LogP contribution in [0, 0.1) is 0 Å². The molecular formula is C10H14O4. The van der Waals surface area contributed by atoms with Gasteiger partial charge in [0.2, 0.25) is 0 Å². The van der Waals surface area contributed by atoms with Crippen molar-refractivity contribution in [2.75, 3.05) is 14.2 Å². The van der Waals surface area contributed by atoms with Crippen LogP contribution in [-0.4, -0.2) is 27.2 Å². The van der Waals surface area contributed by atoms with E-state index in [0.717, 1.165) is 0 Å². The van der Waals surface area contributed by atoms with E-state index in [1.165, 1.54) is 14.2 Å². The van der Waals surface area contributed by atoms with Gasteiger partial charge in [-0.05, 0) is 0 Å². The predicted molar refractivity (Wildman–Crippen MR) is 52.6 cm³/mol. The maximum atomic E-state index is 8.95. The van der Waals surface area contributed by atoms with Crippen molar-refractivity contribution in [1.82, 2.24) is 0 Å². The van der Waals surface area contributed by atoms with Crippen molar-refractivity contribution in [3.05, 3.63) is 36.4 Å². The maximum Gasteiger partial charge on any atom is 0.292 e. The van der Waals surface area contributed by atoms with Crippen LogP contribution in [0.3, 0.4) is 0 Å². The first-order valence-corrected chi connectivity index (χ1v) is 3.76. The lowest BCUT2D eigenvalue weighted by Gasteiger charge is -1.69. The molecule has 0 aliphatic heterocycles. The number of carbonyl (C=O) groups is 2. The van der Waals surface area contributed by atoms with E-state index in [1.54, 1.807) is 0 Å². The smallest absolute Gasteiger partial charge is 0.292 e. The second kappa shape index (κ2) is 17.3. The van der Waals surface area contributed by atoms with E-state index in [9.17, 15) is 0 Å². The second-order valence-electron chi connectivity index (χ2n) is 1.82. The van der Waals surface area contributed by atoms with Gasteiger partial charge in [-0.25, -0.2) is 0 Å². The topological polar surface area (TPSA) is 52.6 Å². The molecule has 4 nitrogen and oxygen atoms in total. The van der Waals surface area contributed by atoms with Crippen LogP contribution in [0.25, 0.3) is 0 Å². The zero-order valence-electron chi connectivity index (χ0n) is 8.25. The molecule has 0 bridgehead atoms. The molecule has 4 heteroatoms. The number of hydrogen-bond acceptors (Lipinski definition) is 4. The zero-order valence-corrected chi connectivity index (χ0v) is 8.25. The summed E-state index contributed by atoms with van der Waals surface area (Å²) in [4.78, 5) is 17.9. The van der Waals surface area contributed by atoms with Crippen molar-refractivity contribution in [2.24, 2.45) is 0 Å². The van der Waals surface area contributed by atoms with Crippen LogP contribution in [0.5, 0.6) is 0 Å². The van der Waals surface area contributed by atoms with Crippen molar-refractivity contribution in [3.63, 3.8) is 0 Å². The van der Waals surface area contributed by atoms with Crippen molar-refractivity contribution >= 4 is 12.9 Å². The molecule has 1 aromatic rings. The number of carbonyl (C=O) groups excluding carboxylic acids is 2. The van der Waals surface area contributed by atoms with E-state index >= 15 is 0 Å². The number of rotatable bonds is 2. The molecule has 1 aromatic carbocycles. The quantitative estimate of drug-likeness (QED) is 0.671. The van der Waals surface area contributed by atoms with Gasteiger partial charge in [0.15, 0.2) is 0 Å². The standard InChI is InChI=1S/C6H6.2C2H4O2/c1-2-4-6-5-3-1;2*1-4-2-3/h1-6H;2*2H,1H3. The number of hydrogen-bond donors (Lipinski definition) is 0. The van der Waals surface area contributed by atoms with Crippen molar-refractivity contribution in [3.8, 4) is 0 Å². The summed E-state index contributed by atoms with van der Waals surface area (Å²) in [6.45, 7) is 0.750. The van der Waals surface area contributed by atoms with E-state index in [-0.39, 0.29) is 0 Å². The molecule has 0 aliphatic rings. The fourth-order valence-corrected chi connectivity index (χ4v) is 0.385. The molecule has 0 unspecified atom stereocenters. The lowest BCUT2D eigenvalue weighted by molar-refractivity contribution is -0.126. The third-order valence-corrected chi connectivity index (χ3v) is 0.859. The monoisotopic (exact) mass is 198 g/mol. The molecule has 0 aromatic heterocycles. The summed E-state index contributed by atoms with van der Waals surface area (Å²) in [5, 5.41) is 0. The first-order chi connectivity index (χ1) is 6.83. The highest BCUT2D eigenvalue weighted by molar-refractivity contribution is 5.36. The molecule has 14 heavy (non-hydrogen) atoms. The Balaban J connectivity index is 0. The summed E-state index contributed by atoms with van der Waals surface area (Å²) in [7, 11) is 2.62. The average Bonchev–Trinajstić information content (AvgIpc) is 2.32. The van der Waals surface area contributed by atoms with E-state index in [2.05, 4.69) is 9.47 Å². The molecule has 0 amide bonds. The Labute approximate surface area is 83.5 Å². The van der Waals surface area contributed by atoms with Crippen LogP contribution in [0.4, 0.5) is 0 Å². The number of methoxy groups -OCH3 is 2. The van der Waals surface area contributed by atoms with Crippen LogP contribution in [0.2, 0.25) is 0 Å². The number of ether oxygens (including phenoxy) is 2. The Morgan fingerprint density at radius 2 is 0.857 bits per heavy atom. The highest BCUT2D eigenvalue weighted by atomic mass is 16.5. The van der Waals surface area contributed by atoms with Gasteiger partial charge in [0, 0.05) is 0 Å². The molecule has 0 aliphatic carbocycles. The Hall–Kier alpha value is -1.84. The Morgan fingerprint density at radius 1 is 0.714 bits per heavy atom. The fraction of sp³-hybridized carbons (Fsp3) is 0.200. The molecule has 0 heterocycles. The molecule has 0 fully saturated rings. The molecule has 0 N–H and O–H groups in total. The first-order valence-electron chi connectivity index (χ1n) is 3.76. The minimum atomic E-state index is 0.375. The van der Waals surface area contributed by atoms with Gasteiger partial charge in [-0.1, -0.05) is 36.4 Å². The lowest BCUT2D eigenvalue weighted by Crippen LogP contribution is -1.68. The van der Waals surface area contributed by atoms with Crippen molar-refractivity contribution < 1.29 is 19.1 Å². The first kappa shape index (κ1) is 14.7. The van der Waals surface area contributed by atoms with Crippen LogP contribution in [0.15, 0.2) is 36.4 Å². The van der Waals surface area contributed by atoms with Gasteiger partial charge in [-0.15, -0.1) is 0 Å². The van der Waals surface area contributed by atoms with E-state index < -0.39 is 0 Å². The summed E-state index contributed by atoms with van der Waals surface area (Å²) >= 11 is 0. The third-order valence-electron chi connectivity index (χ3n) is 0.859. The van der Waals surface area contributed by atoms with E-state index in [4.69, 9.17) is 9.59 Å². The van der Waals surface area contributed by atoms with Crippen molar-refractivity contribution in [1.29, 1.82) is 0 Å². The molecule has 0 radical (unpaired) electrons. The summed E-state index contributed by atoms with van der Waals surface area (Å²) in [6, 6.07) is 12.0. The van der Waals surface area contributed by atoms with Crippen LogP contribution in [0.1, 0.15) is 0 Å². The highest BCUT2D eigenvalue weighted by Gasteiger charge is 1.57. The van der Waals surface area contributed by atoms with Gasteiger partial charge in [0.25, 0.3) is 12.9 Å². The van der Waals surface area contributed by atoms with Crippen LogP contribution in [-0.2, 0) is 19.1 Å². The number of benzene rings is 1. The minimum Gasteiger partial charge on any atom is -0.471 e. The zero-order chi connectivity index (χ0) is 11.1. The van der Waals surface area contributed by atoms with Gasteiger partial charge in [0.05, 0.1) is 14.2 Å². The largest absolute Gasteiger partial charge is 0.471 e. The SMILES string of the molecule is COC=O.COC=O.c1ccccc1. The fourth-order valence-electron chi connectivity index (χ4n) is 0.385. The Morgan fingerprint density at radius 3 is 0.929 bits per heavy atom. The van der Waals surface area contributed by atoms with Gasteiger partial charge in [0.1, 0.15) is 0 Å². The van der Waals surface area contributed by atoms with Gasteiger partial charge >= 0.3 is 0 Å². The minimum absolute atomic E-state index is 0.375. The maximum absolute atomic E-state index is 8.95. The van der Waals surface area contributed by atoms with Crippen LogP contribution < -0.4 is 0 Å². The third kappa shape index (κ3) is 22.5. The summed E-state index contributed by atoms with van der Waals surface area (Å²) in [6.07, 6.45) is 0. The second-order valence-corrected chi connectivity index (χ2v) is 1.82. The molecule has 0 spiro atoms. The lowest BCUT2D eigenvalue weighted by atomic mass is 10.4. The Kier molecular flexibility index (Phi) is 18.1. The average molecular weight is 198 g/mol. The molecular weight excluding hydrogens is 184 g/mol. The van der Waals surface area contributed by atoms with Crippen LogP contribution >= 0.6 is 0 Å². The van der Waals surface area contributed by atoms with Gasteiger partial charge < -0.3 is 9.47 Å². The highest BCUT2D eigenvalue weighted by Crippen LogP contribution is 1.79. The molecule has 0 saturated carbocycles. The molecule has 0 saturated heterocycles. The predicted octanol–water partition coefficient (Wildman–Crippen LogP) is 1.26. The van der Waals surface area contributed by atoms with E-state index in [1.807, 2.05) is 36.4 Å². The summed E-state index contributed by atoms with van der Waals surface area (Å²) < 4.78 is 7.72. The van der Waals surface area contributed by atoms with E-state index in [0.29, 0.717) is 12.9 Å². The molecule has 1 rings (SSSR count). The van der Waals surface area contributed by atoms with Crippen molar-refractivity contribution in [2.45, 2.75) is 0 Å². The normalized spacial score (nSPS) is 6.43. The summed E-state index contributed by atoms with van der Waals surface area (Å²) in [5.74, 6) is 0. The van der Waals surface area contributed by atoms with Gasteiger partial charge in [-0.2, -0.15) is 0 Å². The summed E-state index contributed by atoms with van der Waals surface area (Å²) in [5.41, 5.74) is 0.